The maximum absolute atomic E-state index is 12.4. The van der Waals surface area contributed by atoms with Crippen molar-refractivity contribution in [3.8, 4) is 0 Å². The van der Waals surface area contributed by atoms with Gasteiger partial charge in [0.25, 0.3) is 0 Å². The maximum Gasteiger partial charge on any atom is 0.334 e. The molecule has 2 saturated heterocycles. The van der Waals surface area contributed by atoms with Gasteiger partial charge in [0.1, 0.15) is 0 Å². The lowest BCUT2D eigenvalue weighted by molar-refractivity contribution is -0.154. The molecule has 0 bridgehead atoms. The van der Waals surface area contributed by atoms with E-state index in [4.69, 9.17) is 9.84 Å². The van der Waals surface area contributed by atoms with Crippen LogP contribution in [0.3, 0.4) is 0 Å². The van der Waals surface area contributed by atoms with Crippen LogP contribution in [0.15, 0.2) is 0 Å². The predicted molar refractivity (Wildman–Crippen MR) is 72.6 cm³/mol. The number of ether oxygens (including phenoxy) is 1. The normalized spacial score (nSPS) is 25.1. The number of carbonyl (C=O) groups is 2. The van der Waals surface area contributed by atoms with E-state index >= 15 is 0 Å². The molecule has 0 aromatic carbocycles. The molecular weight excluding hydrogens is 262 g/mol. The van der Waals surface area contributed by atoms with E-state index in [1.54, 1.807) is 4.90 Å². The molecule has 7 nitrogen and oxygen atoms in total. The fourth-order valence-electron chi connectivity index (χ4n) is 2.60. The minimum Gasteiger partial charge on any atom is -0.479 e. The van der Waals surface area contributed by atoms with Crippen LogP contribution in [0.1, 0.15) is 13.8 Å². The number of aliphatic carboxylic acids is 1. The van der Waals surface area contributed by atoms with Gasteiger partial charge in [-0.3, -0.25) is 4.90 Å². The third-order valence-corrected chi connectivity index (χ3v) is 3.93. The zero-order valence-corrected chi connectivity index (χ0v) is 12.1. The lowest BCUT2D eigenvalue weighted by atomic mass is 10.2. The van der Waals surface area contributed by atoms with E-state index in [1.165, 1.54) is 0 Å². The fourth-order valence-corrected chi connectivity index (χ4v) is 2.60. The second kappa shape index (κ2) is 6.41. The average Bonchev–Trinajstić information content (AvgIpc) is 2.46. The molecule has 20 heavy (non-hydrogen) atoms. The van der Waals surface area contributed by atoms with Crippen molar-refractivity contribution in [1.29, 1.82) is 0 Å². The summed E-state index contributed by atoms with van der Waals surface area (Å²) in [4.78, 5) is 29.1. The highest BCUT2D eigenvalue weighted by Gasteiger charge is 2.32. The van der Waals surface area contributed by atoms with Crippen LogP contribution in [0.2, 0.25) is 0 Å². The number of hydrogen-bond donors (Lipinski definition) is 1. The largest absolute Gasteiger partial charge is 0.479 e. The van der Waals surface area contributed by atoms with Crippen LogP contribution < -0.4 is 0 Å². The highest BCUT2D eigenvalue weighted by Crippen LogP contribution is 2.12. The van der Waals surface area contributed by atoms with Crippen molar-refractivity contribution < 1.29 is 19.4 Å². The van der Waals surface area contributed by atoms with Crippen LogP contribution in [-0.2, 0) is 9.53 Å². The topological polar surface area (TPSA) is 73.3 Å². The smallest absolute Gasteiger partial charge is 0.334 e. The van der Waals surface area contributed by atoms with E-state index in [-0.39, 0.29) is 19.2 Å². The first-order valence-corrected chi connectivity index (χ1v) is 7.11. The van der Waals surface area contributed by atoms with Crippen LogP contribution in [0.4, 0.5) is 4.79 Å². The summed E-state index contributed by atoms with van der Waals surface area (Å²) >= 11 is 0. The highest BCUT2D eigenvalue weighted by atomic mass is 16.5. The van der Waals surface area contributed by atoms with Gasteiger partial charge in [0.05, 0.1) is 13.2 Å². The Bertz CT molecular complexity index is 367. The van der Waals surface area contributed by atoms with Crippen LogP contribution in [0.5, 0.6) is 0 Å². The van der Waals surface area contributed by atoms with Crippen LogP contribution in [-0.4, -0.2) is 89.8 Å². The number of nitrogens with zero attached hydrogens (tertiary/aromatic N) is 3. The van der Waals surface area contributed by atoms with Gasteiger partial charge in [-0.2, -0.15) is 0 Å². The Labute approximate surface area is 119 Å². The molecule has 0 aliphatic carbocycles. The Balaban J connectivity index is 1.87. The van der Waals surface area contributed by atoms with Crippen molar-refractivity contribution in [3.05, 3.63) is 0 Å². The molecule has 2 fully saturated rings. The number of carbonyl (C=O) groups excluding carboxylic acids is 1. The first kappa shape index (κ1) is 15.1. The standard InChI is InChI=1S/C13H23N3O4/c1-10(2)14-3-5-15(6-4-14)13(19)16-7-8-20-11(9-16)12(17)18/h10-11H,3-9H2,1-2H3,(H,17,18). The summed E-state index contributed by atoms with van der Waals surface area (Å²) in [6.07, 6.45) is -0.898. The van der Waals surface area contributed by atoms with Crippen molar-refractivity contribution in [1.82, 2.24) is 14.7 Å². The Morgan fingerprint density at radius 1 is 1.10 bits per heavy atom. The average molecular weight is 285 g/mol. The molecule has 2 aliphatic heterocycles. The van der Waals surface area contributed by atoms with Gasteiger partial charge in [-0.1, -0.05) is 0 Å². The van der Waals surface area contributed by atoms with Crippen molar-refractivity contribution in [2.45, 2.75) is 26.0 Å². The fraction of sp³-hybridized carbons (Fsp3) is 0.846. The van der Waals surface area contributed by atoms with E-state index in [0.717, 1.165) is 13.1 Å². The van der Waals surface area contributed by atoms with Gasteiger partial charge in [0, 0.05) is 38.8 Å². The Morgan fingerprint density at radius 3 is 2.30 bits per heavy atom. The Kier molecular flexibility index (Phi) is 4.82. The number of piperazine rings is 1. The van der Waals surface area contributed by atoms with Gasteiger partial charge in [0.2, 0.25) is 0 Å². The minimum absolute atomic E-state index is 0.0667. The quantitative estimate of drug-likeness (QED) is 0.768. The molecule has 0 aromatic rings. The lowest BCUT2D eigenvalue weighted by Crippen LogP contribution is -2.57. The molecule has 0 spiro atoms. The molecule has 1 atom stereocenters. The van der Waals surface area contributed by atoms with E-state index in [0.29, 0.717) is 25.7 Å². The second-order valence-corrected chi connectivity index (χ2v) is 5.54. The molecule has 2 rings (SSSR count). The summed E-state index contributed by atoms with van der Waals surface area (Å²) in [7, 11) is 0. The van der Waals surface area contributed by atoms with Crippen LogP contribution >= 0.6 is 0 Å². The maximum atomic E-state index is 12.4. The molecule has 114 valence electrons. The number of hydrogen-bond acceptors (Lipinski definition) is 4. The molecule has 2 heterocycles. The summed E-state index contributed by atoms with van der Waals surface area (Å²) in [5.41, 5.74) is 0. The SMILES string of the molecule is CC(C)N1CCN(C(=O)N2CCOC(C(=O)O)C2)CC1. The van der Waals surface area contributed by atoms with Gasteiger partial charge in [-0.15, -0.1) is 0 Å². The summed E-state index contributed by atoms with van der Waals surface area (Å²) in [6.45, 7) is 8.33. The minimum atomic E-state index is -1.01. The second-order valence-electron chi connectivity index (χ2n) is 5.54. The van der Waals surface area contributed by atoms with Crippen LogP contribution in [0.25, 0.3) is 0 Å². The monoisotopic (exact) mass is 285 g/mol. The Hall–Kier alpha value is -1.34. The molecule has 0 aromatic heterocycles. The summed E-state index contributed by atoms with van der Waals surface area (Å²) in [5, 5.41) is 8.96. The lowest BCUT2D eigenvalue weighted by Gasteiger charge is -2.40. The summed E-state index contributed by atoms with van der Waals surface area (Å²) in [5.74, 6) is -1.01. The van der Waals surface area contributed by atoms with E-state index in [1.807, 2.05) is 4.90 Å². The predicted octanol–water partition coefficient (Wildman–Crippen LogP) is -0.0822. The van der Waals surface area contributed by atoms with E-state index < -0.39 is 12.1 Å². The van der Waals surface area contributed by atoms with Gasteiger partial charge in [-0.05, 0) is 13.8 Å². The summed E-state index contributed by atoms with van der Waals surface area (Å²) < 4.78 is 5.14. The van der Waals surface area contributed by atoms with Crippen molar-refractivity contribution in [2.24, 2.45) is 0 Å². The number of carboxylic acid groups (broad SMARTS) is 1. The summed E-state index contributed by atoms with van der Waals surface area (Å²) in [6, 6.07) is 0.426. The molecule has 1 N–H and O–H groups in total. The zero-order valence-electron chi connectivity index (χ0n) is 12.1. The molecule has 7 heteroatoms. The Morgan fingerprint density at radius 2 is 1.75 bits per heavy atom. The number of morpholine rings is 1. The van der Waals surface area contributed by atoms with Crippen molar-refractivity contribution in [2.75, 3.05) is 45.9 Å². The first-order chi connectivity index (χ1) is 9.49. The van der Waals surface area contributed by atoms with E-state index in [2.05, 4.69) is 18.7 Å². The third kappa shape index (κ3) is 3.40. The number of urea groups is 1. The van der Waals surface area contributed by atoms with Gasteiger partial charge < -0.3 is 19.6 Å². The molecule has 0 radical (unpaired) electrons. The molecule has 2 amide bonds. The number of amides is 2. The molecule has 0 saturated carbocycles. The molecule has 2 aliphatic rings. The number of rotatable bonds is 2. The number of carboxylic acids is 1. The van der Waals surface area contributed by atoms with Crippen molar-refractivity contribution >= 4 is 12.0 Å². The van der Waals surface area contributed by atoms with E-state index in [9.17, 15) is 9.59 Å². The van der Waals surface area contributed by atoms with Crippen molar-refractivity contribution in [3.63, 3.8) is 0 Å². The third-order valence-electron chi connectivity index (χ3n) is 3.93. The molecular formula is C13H23N3O4. The molecule has 1 unspecified atom stereocenters. The van der Waals surface area contributed by atoms with Crippen LogP contribution in [0, 0.1) is 0 Å². The first-order valence-electron chi connectivity index (χ1n) is 7.11. The van der Waals surface area contributed by atoms with Gasteiger partial charge in [-0.25, -0.2) is 9.59 Å². The van der Waals surface area contributed by atoms with Gasteiger partial charge >= 0.3 is 12.0 Å². The highest BCUT2D eigenvalue weighted by molar-refractivity contribution is 5.77. The zero-order chi connectivity index (χ0) is 14.7. The van der Waals surface area contributed by atoms with Gasteiger partial charge in [0.15, 0.2) is 6.10 Å².